The van der Waals surface area contributed by atoms with Crippen molar-refractivity contribution in [2.24, 2.45) is 0 Å². The van der Waals surface area contributed by atoms with Crippen molar-refractivity contribution < 1.29 is 9.53 Å². The third-order valence-electron chi connectivity index (χ3n) is 0.739. The molecule has 9 heavy (non-hydrogen) atoms. The highest BCUT2D eigenvalue weighted by Gasteiger charge is 1.96. The summed E-state index contributed by atoms with van der Waals surface area (Å²) < 4.78 is 4.73. The Bertz CT molecular complexity index is 145. The van der Waals surface area contributed by atoms with E-state index in [1.165, 1.54) is 13.2 Å². The summed E-state index contributed by atoms with van der Waals surface area (Å²) in [6.07, 6.45) is 3.11. The standard InChI is InChI=1S/C7H10O2/c1-4-5-9-7(3)6(2)8/h4-5H,3H2,1-2H3/b5-4-. The highest BCUT2D eigenvalue weighted by molar-refractivity contribution is 5.90. The molecule has 0 unspecified atom stereocenters. The number of ketones is 1. The predicted octanol–water partition coefficient (Wildman–Crippen LogP) is 1.64. The van der Waals surface area contributed by atoms with Crippen LogP contribution in [0.2, 0.25) is 0 Å². The zero-order chi connectivity index (χ0) is 7.28. The largest absolute Gasteiger partial charge is 0.462 e. The quantitative estimate of drug-likeness (QED) is 0.424. The van der Waals surface area contributed by atoms with Gasteiger partial charge in [-0.05, 0) is 6.92 Å². The van der Waals surface area contributed by atoms with E-state index in [0.717, 1.165) is 0 Å². The fraction of sp³-hybridized carbons (Fsp3) is 0.286. The molecule has 0 saturated heterocycles. The third kappa shape index (κ3) is 3.53. The minimum atomic E-state index is -0.145. The van der Waals surface area contributed by atoms with Crippen LogP contribution in [0.15, 0.2) is 24.7 Å². The summed E-state index contributed by atoms with van der Waals surface area (Å²) >= 11 is 0. The number of rotatable bonds is 3. The van der Waals surface area contributed by atoms with E-state index in [2.05, 4.69) is 6.58 Å². The molecule has 0 saturated carbocycles. The summed E-state index contributed by atoms with van der Waals surface area (Å²) in [7, 11) is 0. The molecular formula is C7H10O2. The number of hydrogen-bond donors (Lipinski definition) is 0. The second-order valence-corrected chi connectivity index (χ2v) is 1.57. The van der Waals surface area contributed by atoms with Gasteiger partial charge in [-0.15, -0.1) is 0 Å². The summed E-state index contributed by atoms with van der Waals surface area (Å²) in [6.45, 7) is 6.58. The molecule has 0 aliphatic heterocycles. The monoisotopic (exact) mass is 126 g/mol. The number of Topliss-reactive ketones (excluding diaryl/α,β-unsaturated/α-hetero) is 1. The Labute approximate surface area is 54.8 Å². The molecule has 0 aromatic rings. The number of allylic oxidation sites excluding steroid dienone is 2. The number of carbonyl (C=O) groups excluding carboxylic acids is 1. The van der Waals surface area contributed by atoms with Crippen LogP contribution in [0.25, 0.3) is 0 Å². The zero-order valence-corrected chi connectivity index (χ0v) is 5.68. The fourth-order valence-corrected chi connectivity index (χ4v) is 0.233. The first-order chi connectivity index (χ1) is 4.18. The molecule has 0 spiro atoms. The maximum Gasteiger partial charge on any atom is 0.194 e. The molecule has 0 rings (SSSR count). The maximum absolute atomic E-state index is 10.4. The zero-order valence-electron chi connectivity index (χ0n) is 5.68. The molecule has 0 aromatic carbocycles. The van der Waals surface area contributed by atoms with Crippen LogP contribution in [0.3, 0.4) is 0 Å². The van der Waals surface area contributed by atoms with Gasteiger partial charge in [-0.3, -0.25) is 4.79 Å². The van der Waals surface area contributed by atoms with Crippen molar-refractivity contribution in [3.8, 4) is 0 Å². The molecule has 0 heterocycles. The van der Waals surface area contributed by atoms with Crippen LogP contribution < -0.4 is 0 Å². The SMILES string of the molecule is C=C(O/C=C\C)C(C)=O. The molecule has 2 nitrogen and oxygen atoms in total. The van der Waals surface area contributed by atoms with E-state index in [1.807, 2.05) is 0 Å². The van der Waals surface area contributed by atoms with Crippen molar-refractivity contribution in [1.29, 1.82) is 0 Å². The van der Waals surface area contributed by atoms with Gasteiger partial charge in [-0.25, -0.2) is 0 Å². The van der Waals surface area contributed by atoms with E-state index < -0.39 is 0 Å². The van der Waals surface area contributed by atoms with Crippen molar-refractivity contribution in [2.75, 3.05) is 0 Å². The molecular weight excluding hydrogens is 116 g/mol. The lowest BCUT2D eigenvalue weighted by atomic mass is 10.4. The van der Waals surface area contributed by atoms with Gasteiger partial charge in [-0.2, -0.15) is 0 Å². The predicted molar refractivity (Wildman–Crippen MR) is 35.7 cm³/mol. The van der Waals surface area contributed by atoms with E-state index in [4.69, 9.17) is 4.74 Å². The van der Waals surface area contributed by atoms with E-state index in [-0.39, 0.29) is 11.5 Å². The molecule has 0 fully saturated rings. The van der Waals surface area contributed by atoms with E-state index >= 15 is 0 Å². The Morgan fingerprint density at radius 2 is 2.22 bits per heavy atom. The fourth-order valence-electron chi connectivity index (χ4n) is 0.233. The molecule has 0 atom stereocenters. The number of carbonyl (C=O) groups is 1. The van der Waals surface area contributed by atoms with Gasteiger partial charge < -0.3 is 4.74 Å². The van der Waals surface area contributed by atoms with E-state index in [0.29, 0.717) is 0 Å². The lowest BCUT2D eigenvalue weighted by Crippen LogP contribution is -1.94. The molecule has 0 amide bonds. The highest BCUT2D eigenvalue weighted by atomic mass is 16.5. The van der Waals surface area contributed by atoms with Crippen molar-refractivity contribution in [1.82, 2.24) is 0 Å². The average Bonchev–Trinajstić information content (AvgIpc) is 1.82. The summed E-state index contributed by atoms with van der Waals surface area (Å²) in [6, 6.07) is 0. The molecule has 2 heteroatoms. The number of hydrogen-bond acceptors (Lipinski definition) is 2. The topological polar surface area (TPSA) is 26.3 Å². The molecule has 0 bridgehead atoms. The van der Waals surface area contributed by atoms with Crippen LogP contribution in [-0.2, 0) is 9.53 Å². The normalized spacial score (nSPS) is 9.56. The lowest BCUT2D eigenvalue weighted by Gasteiger charge is -1.96. The van der Waals surface area contributed by atoms with Crippen LogP contribution in [0.1, 0.15) is 13.8 Å². The van der Waals surface area contributed by atoms with E-state index in [9.17, 15) is 4.79 Å². The Hall–Kier alpha value is -1.05. The molecule has 0 radical (unpaired) electrons. The van der Waals surface area contributed by atoms with Crippen LogP contribution in [-0.4, -0.2) is 5.78 Å². The van der Waals surface area contributed by atoms with Gasteiger partial charge in [0, 0.05) is 6.92 Å². The van der Waals surface area contributed by atoms with Crippen LogP contribution >= 0.6 is 0 Å². The third-order valence-corrected chi connectivity index (χ3v) is 0.739. The van der Waals surface area contributed by atoms with E-state index in [1.54, 1.807) is 13.0 Å². The van der Waals surface area contributed by atoms with Gasteiger partial charge >= 0.3 is 0 Å². The number of ether oxygens (including phenoxy) is 1. The molecule has 0 aliphatic rings. The maximum atomic E-state index is 10.4. The molecule has 0 aromatic heterocycles. The van der Waals surface area contributed by atoms with Crippen LogP contribution in [0, 0.1) is 0 Å². The molecule has 0 aliphatic carbocycles. The van der Waals surface area contributed by atoms with Crippen LogP contribution in [0.5, 0.6) is 0 Å². The Morgan fingerprint density at radius 3 is 2.56 bits per heavy atom. The van der Waals surface area contributed by atoms with Crippen molar-refractivity contribution >= 4 is 5.78 Å². The second-order valence-electron chi connectivity index (χ2n) is 1.57. The first kappa shape index (κ1) is 7.95. The van der Waals surface area contributed by atoms with Crippen molar-refractivity contribution in [2.45, 2.75) is 13.8 Å². The van der Waals surface area contributed by atoms with Gasteiger partial charge in [-0.1, -0.05) is 12.7 Å². The highest BCUT2D eigenvalue weighted by Crippen LogP contribution is 1.94. The smallest absolute Gasteiger partial charge is 0.194 e. The minimum absolute atomic E-state index is 0.145. The van der Waals surface area contributed by atoms with Gasteiger partial charge in [0.25, 0.3) is 0 Å². The van der Waals surface area contributed by atoms with Crippen molar-refractivity contribution in [3.05, 3.63) is 24.7 Å². The Balaban J connectivity index is 3.65. The first-order valence-corrected chi connectivity index (χ1v) is 2.66. The Morgan fingerprint density at radius 1 is 1.67 bits per heavy atom. The van der Waals surface area contributed by atoms with Gasteiger partial charge in [0.2, 0.25) is 0 Å². The summed E-state index contributed by atoms with van der Waals surface area (Å²) in [5.74, 6) is 0.0289. The summed E-state index contributed by atoms with van der Waals surface area (Å²) in [5.41, 5.74) is 0. The van der Waals surface area contributed by atoms with Gasteiger partial charge in [0.05, 0.1) is 6.26 Å². The van der Waals surface area contributed by atoms with Gasteiger partial charge in [0.15, 0.2) is 11.5 Å². The first-order valence-electron chi connectivity index (χ1n) is 2.66. The summed E-state index contributed by atoms with van der Waals surface area (Å²) in [5, 5.41) is 0. The molecule has 50 valence electrons. The van der Waals surface area contributed by atoms with Crippen LogP contribution in [0.4, 0.5) is 0 Å². The van der Waals surface area contributed by atoms with Gasteiger partial charge in [0.1, 0.15) is 0 Å². The van der Waals surface area contributed by atoms with Crippen molar-refractivity contribution in [3.63, 3.8) is 0 Å². The second kappa shape index (κ2) is 3.89. The summed E-state index contributed by atoms with van der Waals surface area (Å²) in [4.78, 5) is 10.4. The molecule has 0 N–H and O–H groups in total. The minimum Gasteiger partial charge on any atom is -0.462 e. The lowest BCUT2D eigenvalue weighted by molar-refractivity contribution is -0.116. The average molecular weight is 126 g/mol. The Kier molecular flexibility index (Phi) is 3.44.